The molecule has 1 amide bonds. The summed E-state index contributed by atoms with van der Waals surface area (Å²) in [4.78, 5) is 16.2. The molecule has 2 heterocycles. The zero-order chi connectivity index (χ0) is 16.2. The number of amides is 1. The number of aryl methyl sites for hydroxylation is 1. The molecule has 0 atom stereocenters. The zero-order valence-electron chi connectivity index (χ0n) is 12.5. The summed E-state index contributed by atoms with van der Waals surface area (Å²) in [5.74, 6) is 1.35. The molecule has 23 heavy (non-hydrogen) atoms. The van der Waals surface area contributed by atoms with Crippen molar-refractivity contribution in [2.45, 2.75) is 6.42 Å². The molecule has 0 aliphatic rings. The fourth-order valence-electron chi connectivity index (χ4n) is 2.19. The van der Waals surface area contributed by atoms with Crippen LogP contribution in [0.15, 0.2) is 47.1 Å². The van der Waals surface area contributed by atoms with Crippen molar-refractivity contribution >= 4 is 17.5 Å². The van der Waals surface area contributed by atoms with Crippen molar-refractivity contribution < 1.29 is 9.21 Å². The van der Waals surface area contributed by atoms with Crippen LogP contribution in [0.5, 0.6) is 0 Å². The van der Waals surface area contributed by atoms with Gasteiger partial charge in [0.1, 0.15) is 17.9 Å². The summed E-state index contributed by atoms with van der Waals surface area (Å²) in [6.07, 6.45) is 2.08. The second kappa shape index (κ2) is 6.66. The van der Waals surface area contributed by atoms with E-state index in [4.69, 9.17) is 16.0 Å². The number of hydrogen-bond donors (Lipinski definition) is 1. The van der Waals surface area contributed by atoms with Crippen LogP contribution in [0.3, 0.4) is 0 Å². The van der Waals surface area contributed by atoms with Gasteiger partial charge in [-0.15, -0.1) is 0 Å². The van der Waals surface area contributed by atoms with Crippen LogP contribution < -0.4 is 5.32 Å². The number of nitrogens with one attached hydrogen (secondary N) is 1. The van der Waals surface area contributed by atoms with Crippen LogP contribution >= 0.6 is 11.6 Å². The first-order valence-corrected chi connectivity index (χ1v) is 7.49. The monoisotopic (exact) mass is 330 g/mol. The highest BCUT2D eigenvalue weighted by Crippen LogP contribution is 2.28. The third-order valence-corrected chi connectivity index (χ3v) is 3.74. The van der Waals surface area contributed by atoms with Crippen LogP contribution in [0.2, 0.25) is 5.02 Å². The van der Waals surface area contributed by atoms with Crippen molar-refractivity contribution in [3.05, 3.63) is 59.3 Å². The first kappa shape index (κ1) is 15.3. The summed E-state index contributed by atoms with van der Waals surface area (Å²) in [6.45, 7) is 0.452. The average Bonchev–Trinajstić information content (AvgIpc) is 3.17. The van der Waals surface area contributed by atoms with Crippen LogP contribution in [-0.2, 0) is 13.5 Å². The number of carbonyl (C=O) groups is 1. The summed E-state index contributed by atoms with van der Waals surface area (Å²) < 4.78 is 7.27. The zero-order valence-corrected chi connectivity index (χ0v) is 13.2. The van der Waals surface area contributed by atoms with E-state index < -0.39 is 0 Å². The minimum atomic E-state index is -0.273. The number of halogens is 1. The van der Waals surface area contributed by atoms with Crippen LogP contribution in [0.1, 0.15) is 16.4 Å². The molecule has 0 spiro atoms. The minimum absolute atomic E-state index is 0.248. The van der Waals surface area contributed by atoms with Gasteiger partial charge in [0.05, 0.1) is 5.02 Å². The van der Waals surface area contributed by atoms with Crippen LogP contribution in [0.25, 0.3) is 11.3 Å². The van der Waals surface area contributed by atoms with Crippen LogP contribution in [0, 0.1) is 0 Å². The standard InChI is InChI=1S/C16H15ClN4O2/c1-21-15(19-10-20-21)8-9-18-16(22)14-7-6-13(23-14)11-4-2-3-5-12(11)17/h2-7,10H,8-9H2,1H3,(H,18,22). The number of benzene rings is 1. The topological polar surface area (TPSA) is 73.0 Å². The van der Waals surface area contributed by atoms with Gasteiger partial charge in [-0.05, 0) is 24.3 Å². The second-order valence-electron chi connectivity index (χ2n) is 4.95. The lowest BCUT2D eigenvalue weighted by atomic mass is 10.2. The molecule has 3 aromatic rings. The number of furan rings is 1. The molecule has 0 unspecified atom stereocenters. The maximum absolute atomic E-state index is 12.1. The first-order chi connectivity index (χ1) is 11.1. The summed E-state index contributed by atoms with van der Waals surface area (Å²) in [6, 6.07) is 10.7. The maximum Gasteiger partial charge on any atom is 0.287 e. The molecule has 0 radical (unpaired) electrons. The molecule has 2 aromatic heterocycles. The van der Waals surface area contributed by atoms with E-state index in [0.717, 1.165) is 11.4 Å². The largest absolute Gasteiger partial charge is 0.451 e. The number of carbonyl (C=O) groups excluding carboxylic acids is 1. The smallest absolute Gasteiger partial charge is 0.287 e. The third kappa shape index (κ3) is 3.43. The van der Waals surface area contributed by atoms with Gasteiger partial charge in [-0.1, -0.05) is 23.7 Å². The molecule has 0 aliphatic carbocycles. The summed E-state index contributed by atoms with van der Waals surface area (Å²) in [5.41, 5.74) is 0.757. The molecule has 6 nitrogen and oxygen atoms in total. The van der Waals surface area contributed by atoms with E-state index in [1.165, 1.54) is 6.33 Å². The Morgan fingerprint density at radius 2 is 2.13 bits per heavy atom. The van der Waals surface area contributed by atoms with Crippen molar-refractivity contribution in [3.63, 3.8) is 0 Å². The van der Waals surface area contributed by atoms with Crippen LogP contribution in [0.4, 0.5) is 0 Å². The highest BCUT2D eigenvalue weighted by Gasteiger charge is 2.13. The van der Waals surface area contributed by atoms with Gasteiger partial charge in [0.15, 0.2) is 5.76 Å². The Morgan fingerprint density at radius 3 is 2.87 bits per heavy atom. The molecule has 1 N–H and O–H groups in total. The van der Waals surface area contributed by atoms with E-state index in [-0.39, 0.29) is 11.7 Å². The molecule has 3 rings (SSSR count). The Bertz CT molecular complexity index is 825. The first-order valence-electron chi connectivity index (χ1n) is 7.11. The highest BCUT2D eigenvalue weighted by atomic mass is 35.5. The van der Waals surface area contributed by atoms with Gasteiger partial charge in [-0.25, -0.2) is 4.98 Å². The molecular formula is C16H15ClN4O2. The van der Waals surface area contributed by atoms with Gasteiger partial charge in [0.2, 0.25) is 0 Å². The molecular weight excluding hydrogens is 316 g/mol. The van der Waals surface area contributed by atoms with Gasteiger partial charge in [0, 0.05) is 25.6 Å². The summed E-state index contributed by atoms with van der Waals surface area (Å²) in [5, 5.41) is 7.36. The van der Waals surface area contributed by atoms with Crippen molar-refractivity contribution in [3.8, 4) is 11.3 Å². The molecule has 118 valence electrons. The molecule has 0 aliphatic heterocycles. The third-order valence-electron chi connectivity index (χ3n) is 3.41. The van der Waals surface area contributed by atoms with Crippen molar-refractivity contribution in [1.29, 1.82) is 0 Å². The highest BCUT2D eigenvalue weighted by molar-refractivity contribution is 6.33. The Hall–Kier alpha value is -2.60. The maximum atomic E-state index is 12.1. The lowest BCUT2D eigenvalue weighted by molar-refractivity contribution is 0.0927. The average molecular weight is 331 g/mol. The predicted octanol–water partition coefficient (Wildman–Crippen LogP) is 2.70. The fraction of sp³-hybridized carbons (Fsp3) is 0.188. The lowest BCUT2D eigenvalue weighted by Crippen LogP contribution is -2.26. The van der Waals surface area contributed by atoms with E-state index >= 15 is 0 Å². The lowest BCUT2D eigenvalue weighted by Gasteiger charge is -2.03. The molecule has 0 bridgehead atoms. The summed E-state index contributed by atoms with van der Waals surface area (Å²) in [7, 11) is 1.81. The second-order valence-corrected chi connectivity index (χ2v) is 5.36. The van der Waals surface area contributed by atoms with Gasteiger partial charge in [-0.2, -0.15) is 5.10 Å². The Kier molecular flexibility index (Phi) is 4.43. The van der Waals surface area contributed by atoms with Crippen molar-refractivity contribution in [2.24, 2.45) is 7.05 Å². The van der Waals surface area contributed by atoms with Gasteiger partial charge < -0.3 is 9.73 Å². The molecule has 1 aromatic carbocycles. The van der Waals surface area contributed by atoms with Gasteiger partial charge >= 0.3 is 0 Å². The van der Waals surface area contributed by atoms with Gasteiger partial charge in [0.25, 0.3) is 5.91 Å². The van der Waals surface area contributed by atoms with E-state index in [1.807, 2.05) is 25.2 Å². The number of nitrogens with zero attached hydrogens (tertiary/aromatic N) is 3. The Morgan fingerprint density at radius 1 is 1.30 bits per heavy atom. The number of hydrogen-bond acceptors (Lipinski definition) is 4. The van der Waals surface area contributed by atoms with Gasteiger partial charge in [-0.3, -0.25) is 9.48 Å². The van der Waals surface area contributed by atoms with E-state index in [0.29, 0.717) is 23.7 Å². The fourth-order valence-corrected chi connectivity index (χ4v) is 2.42. The van der Waals surface area contributed by atoms with E-state index in [9.17, 15) is 4.79 Å². The quantitative estimate of drug-likeness (QED) is 0.780. The number of rotatable bonds is 5. The Labute approximate surface area is 138 Å². The molecule has 0 saturated carbocycles. The van der Waals surface area contributed by atoms with Crippen LogP contribution in [-0.4, -0.2) is 27.2 Å². The summed E-state index contributed by atoms with van der Waals surface area (Å²) >= 11 is 6.13. The normalized spacial score (nSPS) is 10.7. The Balaban J connectivity index is 1.63. The number of aromatic nitrogens is 3. The molecule has 7 heteroatoms. The molecule has 0 saturated heterocycles. The molecule has 0 fully saturated rings. The van der Waals surface area contributed by atoms with E-state index in [1.54, 1.807) is 22.9 Å². The van der Waals surface area contributed by atoms with Crippen molar-refractivity contribution in [1.82, 2.24) is 20.1 Å². The van der Waals surface area contributed by atoms with Crippen molar-refractivity contribution in [2.75, 3.05) is 6.54 Å². The predicted molar refractivity (Wildman–Crippen MR) is 86.2 cm³/mol. The van der Waals surface area contributed by atoms with E-state index in [2.05, 4.69) is 15.4 Å². The minimum Gasteiger partial charge on any atom is -0.451 e. The SMILES string of the molecule is Cn1ncnc1CCNC(=O)c1ccc(-c2ccccc2Cl)o1.